The molecule has 0 unspecified atom stereocenters. The van der Waals surface area contributed by atoms with Crippen LogP contribution in [0.1, 0.15) is 28.8 Å². The third-order valence-electron chi connectivity index (χ3n) is 3.74. The second-order valence-electron chi connectivity index (χ2n) is 5.84. The van der Waals surface area contributed by atoms with Crippen molar-refractivity contribution in [3.05, 3.63) is 59.4 Å². The topological polar surface area (TPSA) is 75.3 Å². The van der Waals surface area contributed by atoms with Gasteiger partial charge in [0.15, 0.2) is 0 Å². The molecule has 0 saturated heterocycles. The Kier molecular flexibility index (Phi) is 4.38. The lowest BCUT2D eigenvalue weighted by Crippen LogP contribution is -2.25. The van der Waals surface area contributed by atoms with Crippen LogP contribution in [0.25, 0.3) is 0 Å². The molecule has 126 valence electrons. The molecule has 1 saturated carbocycles. The van der Waals surface area contributed by atoms with Crippen molar-refractivity contribution in [1.82, 2.24) is 4.72 Å². The lowest BCUT2D eigenvalue weighted by molar-refractivity contribution is 0.102. The maximum absolute atomic E-state index is 13.6. The number of benzene rings is 2. The quantitative estimate of drug-likeness (QED) is 0.872. The molecular weight excluding hydrogens is 331 g/mol. The van der Waals surface area contributed by atoms with Crippen molar-refractivity contribution in [2.75, 3.05) is 5.32 Å². The third-order valence-corrected chi connectivity index (χ3v) is 5.25. The summed E-state index contributed by atoms with van der Waals surface area (Å²) < 4.78 is 40.5. The molecule has 2 N–H and O–H groups in total. The zero-order valence-electron chi connectivity index (χ0n) is 13.0. The van der Waals surface area contributed by atoms with E-state index < -0.39 is 21.7 Å². The highest BCUT2D eigenvalue weighted by Crippen LogP contribution is 2.23. The summed E-state index contributed by atoms with van der Waals surface area (Å²) in [6, 6.07) is 10.2. The van der Waals surface area contributed by atoms with E-state index in [1.807, 2.05) is 0 Å². The Bertz CT molecular complexity index is 892. The normalized spacial score (nSPS) is 14.4. The van der Waals surface area contributed by atoms with Crippen LogP contribution < -0.4 is 10.0 Å². The summed E-state index contributed by atoms with van der Waals surface area (Å²) in [6.45, 7) is 1.61. The molecule has 1 aliphatic rings. The molecular formula is C17H17FN2O3S. The molecule has 2 aromatic carbocycles. The molecule has 0 heterocycles. The molecule has 0 aliphatic heterocycles. The summed E-state index contributed by atoms with van der Waals surface area (Å²) in [5, 5.41) is 2.59. The first kappa shape index (κ1) is 16.6. The number of carbonyl (C=O) groups is 1. The van der Waals surface area contributed by atoms with Crippen LogP contribution in [0, 0.1) is 12.7 Å². The van der Waals surface area contributed by atoms with E-state index in [-0.39, 0.29) is 16.5 Å². The van der Waals surface area contributed by atoms with Gasteiger partial charge >= 0.3 is 0 Å². The predicted octanol–water partition coefficient (Wildman–Crippen LogP) is 2.83. The van der Waals surface area contributed by atoms with E-state index in [0.29, 0.717) is 11.3 Å². The fourth-order valence-corrected chi connectivity index (χ4v) is 3.52. The Hall–Kier alpha value is -2.25. The van der Waals surface area contributed by atoms with Gasteiger partial charge < -0.3 is 5.32 Å². The van der Waals surface area contributed by atoms with Crippen molar-refractivity contribution in [2.24, 2.45) is 0 Å². The number of nitrogens with one attached hydrogen (secondary N) is 2. The molecule has 0 spiro atoms. The summed E-state index contributed by atoms with van der Waals surface area (Å²) in [4.78, 5) is 12.3. The Labute approximate surface area is 139 Å². The number of anilines is 1. The molecule has 24 heavy (non-hydrogen) atoms. The second kappa shape index (κ2) is 6.33. The molecule has 0 atom stereocenters. The van der Waals surface area contributed by atoms with Gasteiger partial charge in [0.2, 0.25) is 10.0 Å². The molecule has 1 amide bonds. The smallest absolute Gasteiger partial charge is 0.255 e. The van der Waals surface area contributed by atoms with Crippen molar-refractivity contribution in [3.8, 4) is 0 Å². The first-order valence-corrected chi connectivity index (χ1v) is 9.03. The van der Waals surface area contributed by atoms with E-state index in [2.05, 4.69) is 10.0 Å². The summed E-state index contributed by atoms with van der Waals surface area (Å²) in [5.41, 5.74) is 0.952. The zero-order chi connectivity index (χ0) is 17.3. The highest BCUT2D eigenvalue weighted by molar-refractivity contribution is 7.89. The number of rotatable bonds is 5. The van der Waals surface area contributed by atoms with Gasteiger partial charge in [0, 0.05) is 17.3 Å². The lowest BCUT2D eigenvalue weighted by Gasteiger charge is -2.09. The highest BCUT2D eigenvalue weighted by Gasteiger charge is 2.28. The van der Waals surface area contributed by atoms with Crippen molar-refractivity contribution >= 4 is 21.6 Å². The van der Waals surface area contributed by atoms with Crippen molar-refractivity contribution in [3.63, 3.8) is 0 Å². The fourth-order valence-electron chi connectivity index (χ4n) is 2.17. The van der Waals surface area contributed by atoms with Crippen LogP contribution in [-0.4, -0.2) is 20.4 Å². The number of hydrogen-bond donors (Lipinski definition) is 2. The second-order valence-corrected chi connectivity index (χ2v) is 7.56. The van der Waals surface area contributed by atoms with E-state index in [1.165, 1.54) is 24.3 Å². The van der Waals surface area contributed by atoms with Gasteiger partial charge in [-0.05, 0) is 55.7 Å². The SMILES string of the molecule is Cc1ccc(C(=O)Nc2cccc(S(=O)(=O)NC3CC3)c2)cc1F. The molecule has 5 nitrogen and oxygen atoms in total. The van der Waals surface area contributed by atoms with Crippen molar-refractivity contribution in [1.29, 1.82) is 0 Å². The first-order valence-electron chi connectivity index (χ1n) is 7.55. The van der Waals surface area contributed by atoms with Crippen molar-refractivity contribution in [2.45, 2.75) is 30.7 Å². The Balaban J connectivity index is 1.78. The van der Waals surface area contributed by atoms with Gasteiger partial charge in [0.1, 0.15) is 5.82 Å². The highest BCUT2D eigenvalue weighted by atomic mass is 32.2. The van der Waals surface area contributed by atoms with Crippen LogP contribution in [0.4, 0.5) is 10.1 Å². The van der Waals surface area contributed by atoms with Crippen LogP contribution in [0.5, 0.6) is 0 Å². The van der Waals surface area contributed by atoms with Gasteiger partial charge in [0.25, 0.3) is 5.91 Å². The van der Waals surface area contributed by atoms with E-state index in [1.54, 1.807) is 19.1 Å². The molecule has 2 aromatic rings. The minimum atomic E-state index is -3.59. The van der Waals surface area contributed by atoms with Gasteiger partial charge in [-0.1, -0.05) is 12.1 Å². The number of halogens is 1. The van der Waals surface area contributed by atoms with E-state index in [0.717, 1.165) is 18.9 Å². The fraction of sp³-hybridized carbons (Fsp3) is 0.235. The third kappa shape index (κ3) is 3.80. The summed E-state index contributed by atoms with van der Waals surface area (Å²) in [6.07, 6.45) is 1.68. The number of carbonyl (C=O) groups excluding carboxylic acids is 1. The van der Waals surface area contributed by atoms with Crippen LogP contribution >= 0.6 is 0 Å². The van der Waals surface area contributed by atoms with Crippen molar-refractivity contribution < 1.29 is 17.6 Å². The Morgan fingerprint density at radius 2 is 1.92 bits per heavy atom. The van der Waals surface area contributed by atoms with E-state index in [4.69, 9.17) is 0 Å². The average molecular weight is 348 g/mol. The largest absolute Gasteiger partial charge is 0.322 e. The Morgan fingerprint density at radius 1 is 1.17 bits per heavy atom. The molecule has 7 heteroatoms. The summed E-state index contributed by atoms with van der Waals surface area (Å²) in [7, 11) is -3.59. The lowest BCUT2D eigenvalue weighted by atomic mass is 10.1. The maximum atomic E-state index is 13.6. The van der Waals surface area contributed by atoms with Gasteiger partial charge in [-0.25, -0.2) is 17.5 Å². The number of aryl methyl sites for hydroxylation is 1. The molecule has 0 radical (unpaired) electrons. The van der Waals surface area contributed by atoms with Crippen LogP contribution in [0.2, 0.25) is 0 Å². The minimum absolute atomic E-state index is 0.00350. The molecule has 1 fully saturated rings. The van der Waals surface area contributed by atoms with E-state index >= 15 is 0 Å². The van der Waals surface area contributed by atoms with Crippen LogP contribution in [0.3, 0.4) is 0 Å². The summed E-state index contributed by atoms with van der Waals surface area (Å²) in [5.74, 6) is -0.966. The monoisotopic (exact) mass is 348 g/mol. The molecule has 1 aliphatic carbocycles. The predicted molar refractivity (Wildman–Crippen MR) is 88.9 cm³/mol. The van der Waals surface area contributed by atoms with Crippen LogP contribution in [-0.2, 0) is 10.0 Å². The Morgan fingerprint density at radius 3 is 2.58 bits per heavy atom. The number of sulfonamides is 1. The van der Waals surface area contributed by atoms with E-state index in [9.17, 15) is 17.6 Å². The van der Waals surface area contributed by atoms with Crippen LogP contribution in [0.15, 0.2) is 47.4 Å². The van der Waals surface area contributed by atoms with Gasteiger partial charge in [-0.3, -0.25) is 4.79 Å². The standard InChI is InChI=1S/C17H17FN2O3S/c1-11-5-6-12(9-16(11)18)17(21)19-14-3-2-4-15(10-14)24(22,23)20-13-7-8-13/h2-6,9-10,13,20H,7-8H2,1H3,(H,19,21). The number of hydrogen-bond acceptors (Lipinski definition) is 3. The maximum Gasteiger partial charge on any atom is 0.255 e. The van der Waals surface area contributed by atoms with Gasteiger partial charge in [0.05, 0.1) is 4.90 Å². The molecule has 0 bridgehead atoms. The van der Waals surface area contributed by atoms with Gasteiger partial charge in [-0.2, -0.15) is 0 Å². The zero-order valence-corrected chi connectivity index (χ0v) is 13.9. The average Bonchev–Trinajstić information content (AvgIpc) is 3.33. The summed E-state index contributed by atoms with van der Waals surface area (Å²) >= 11 is 0. The first-order chi connectivity index (χ1) is 11.3. The van der Waals surface area contributed by atoms with Gasteiger partial charge in [-0.15, -0.1) is 0 Å². The number of amides is 1. The minimum Gasteiger partial charge on any atom is -0.322 e. The molecule has 3 rings (SSSR count). The molecule has 0 aromatic heterocycles.